The van der Waals surface area contributed by atoms with Gasteiger partial charge >= 0.3 is 12.0 Å². The molecule has 2 atom stereocenters. The molecular weight excluding hydrogens is 232 g/mol. The summed E-state index contributed by atoms with van der Waals surface area (Å²) in [5.41, 5.74) is -1.05. The van der Waals surface area contributed by atoms with Crippen LogP contribution in [0.4, 0.5) is 4.79 Å². The summed E-state index contributed by atoms with van der Waals surface area (Å²) in [5, 5.41) is 12.3. The minimum absolute atomic E-state index is 0.150. The number of rotatable bonds is 3. The number of urea groups is 1. The van der Waals surface area contributed by atoms with Crippen molar-refractivity contribution in [2.24, 2.45) is 5.92 Å². The summed E-state index contributed by atoms with van der Waals surface area (Å²) >= 11 is 0. The van der Waals surface area contributed by atoms with Crippen LogP contribution < -0.4 is 5.32 Å². The van der Waals surface area contributed by atoms with E-state index in [1.807, 2.05) is 6.92 Å². The first-order valence-electron chi connectivity index (χ1n) is 6.76. The molecule has 0 aromatic heterocycles. The summed E-state index contributed by atoms with van der Waals surface area (Å²) in [7, 11) is 0. The maximum Gasteiger partial charge on any atom is 0.329 e. The van der Waals surface area contributed by atoms with Crippen LogP contribution in [0.1, 0.15) is 46.0 Å². The van der Waals surface area contributed by atoms with Gasteiger partial charge in [0.1, 0.15) is 5.54 Å². The highest BCUT2D eigenvalue weighted by Gasteiger charge is 2.44. The molecule has 5 nitrogen and oxygen atoms in total. The van der Waals surface area contributed by atoms with Crippen LogP contribution in [0.5, 0.6) is 0 Å². The van der Waals surface area contributed by atoms with E-state index in [2.05, 4.69) is 5.32 Å². The molecule has 2 fully saturated rings. The Morgan fingerprint density at radius 3 is 2.61 bits per heavy atom. The number of aliphatic carboxylic acids is 1. The molecule has 1 saturated heterocycles. The molecule has 2 N–H and O–H groups in total. The molecule has 0 aromatic carbocycles. The van der Waals surface area contributed by atoms with Gasteiger partial charge in [0.15, 0.2) is 0 Å². The van der Waals surface area contributed by atoms with Gasteiger partial charge in [0.2, 0.25) is 0 Å². The van der Waals surface area contributed by atoms with Gasteiger partial charge in [-0.1, -0.05) is 0 Å². The van der Waals surface area contributed by atoms with Crippen molar-refractivity contribution in [1.29, 1.82) is 0 Å². The molecule has 1 saturated carbocycles. The quantitative estimate of drug-likeness (QED) is 0.807. The lowest BCUT2D eigenvalue weighted by molar-refractivity contribution is -0.150. The molecule has 2 unspecified atom stereocenters. The molecule has 0 radical (unpaired) electrons. The topological polar surface area (TPSA) is 69.6 Å². The van der Waals surface area contributed by atoms with Gasteiger partial charge in [-0.2, -0.15) is 0 Å². The van der Waals surface area contributed by atoms with Crippen molar-refractivity contribution in [3.05, 3.63) is 0 Å². The van der Waals surface area contributed by atoms with Crippen LogP contribution in [-0.2, 0) is 4.79 Å². The SMILES string of the molecule is CC(NC(=O)N1CCCCC1(C)C(=O)O)C1CC1. The summed E-state index contributed by atoms with van der Waals surface area (Å²) in [6, 6.07) is -0.0727. The van der Waals surface area contributed by atoms with Crippen LogP contribution in [0.25, 0.3) is 0 Å². The number of piperidine rings is 1. The molecule has 2 aliphatic rings. The molecular formula is C13H22N2O3. The maximum absolute atomic E-state index is 12.2. The van der Waals surface area contributed by atoms with E-state index in [4.69, 9.17) is 0 Å². The van der Waals surface area contributed by atoms with E-state index < -0.39 is 11.5 Å². The van der Waals surface area contributed by atoms with Crippen LogP contribution in [0, 0.1) is 5.92 Å². The smallest absolute Gasteiger partial charge is 0.329 e. The zero-order chi connectivity index (χ0) is 13.3. The number of carbonyl (C=O) groups excluding carboxylic acids is 1. The largest absolute Gasteiger partial charge is 0.480 e. The summed E-state index contributed by atoms with van der Waals surface area (Å²) in [6.07, 6.45) is 4.61. The van der Waals surface area contributed by atoms with Gasteiger partial charge in [-0.15, -0.1) is 0 Å². The number of carboxylic acid groups (broad SMARTS) is 1. The Morgan fingerprint density at radius 2 is 2.06 bits per heavy atom. The van der Waals surface area contributed by atoms with Crippen LogP contribution in [0.2, 0.25) is 0 Å². The summed E-state index contributed by atoms with van der Waals surface area (Å²) < 4.78 is 0. The van der Waals surface area contributed by atoms with Crippen molar-refractivity contribution < 1.29 is 14.7 Å². The van der Waals surface area contributed by atoms with Gasteiger partial charge in [-0.25, -0.2) is 9.59 Å². The molecule has 2 rings (SSSR count). The van der Waals surface area contributed by atoms with Crippen molar-refractivity contribution in [3.8, 4) is 0 Å². The third kappa shape index (κ3) is 2.44. The fourth-order valence-electron chi connectivity index (χ4n) is 2.66. The van der Waals surface area contributed by atoms with Crippen molar-refractivity contribution in [3.63, 3.8) is 0 Å². The van der Waals surface area contributed by atoms with E-state index >= 15 is 0 Å². The second-order valence-electron chi connectivity index (χ2n) is 5.76. The van der Waals surface area contributed by atoms with E-state index in [-0.39, 0.29) is 12.1 Å². The Balaban J connectivity index is 2.03. The number of nitrogens with zero attached hydrogens (tertiary/aromatic N) is 1. The van der Waals surface area contributed by atoms with E-state index in [1.54, 1.807) is 6.92 Å². The second kappa shape index (κ2) is 4.78. The summed E-state index contributed by atoms with van der Waals surface area (Å²) in [6.45, 7) is 4.18. The number of amides is 2. The van der Waals surface area contributed by atoms with Gasteiger partial charge < -0.3 is 15.3 Å². The molecule has 2 amide bonds. The third-order valence-corrected chi connectivity index (χ3v) is 4.28. The monoisotopic (exact) mass is 254 g/mol. The predicted molar refractivity (Wildman–Crippen MR) is 67.3 cm³/mol. The normalized spacial score (nSPS) is 29.8. The van der Waals surface area contributed by atoms with Crippen molar-refractivity contribution in [2.45, 2.75) is 57.5 Å². The fraction of sp³-hybridized carbons (Fsp3) is 0.846. The zero-order valence-corrected chi connectivity index (χ0v) is 11.1. The first-order chi connectivity index (χ1) is 8.45. The number of hydrogen-bond acceptors (Lipinski definition) is 2. The molecule has 0 aromatic rings. The molecule has 0 spiro atoms. The van der Waals surface area contributed by atoms with E-state index in [9.17, 15) is 14.7 Å². The van der Waals surface area contributed by atoms with Crippen molar-refractivity contribution in [2.75, 3.05) is 6.54 Å². The van der Waals surface area contributed by atoms with Gasteiger partial charge in [0.05, 0.1) is 0 Å². The standard InChI is InChI=1S/C13H22N2O3/c1-9(10-5-6-10)14-12(18)15-8-4-3-7-13(15,2)11(16)17/h9-10H,3-8H2,1-2H3,(H,14,18)(H,16,17). The molecule has 1 heterocycles. The Labute approximate surface area is 108 Å². The highest BCUT2D eigenvalue weighted by molar-refractivity contribution is 5.86. The van der Waals surface area contributed by atoms with E-state index in [1.165, 1.54) is 4.90 Å². The Kier molecular flexibility index (Phi) is 3.50. The van der Waals surface area contributed by atoms with E-state index in [0.717, 1.165) is 25.7 Å². The highest BCUT2D eigenvalue weighted by Crippen LogP contribution is 2.33. The zero-order valence-electron chi connectivity index (χ0n) is 11.1. The second-order valence-corrected chi connectivity index (χ2v) is 5.76. The Hall–Kier alpha value is -1.26. The minimum atomic E-state index is -1.05. The average Bonchev–Trinajstić information content (AvgIpc) is 3.12. The number of nitrogens with one attached hydrogen (secondary N) is 1. The van der Waals surface area contributed by atoms with Gasteiger partial charge in [-0.3, -0.25) is 0 Å². The highest BCUT2D eigenvalue weighted by atomic mass is 16.4. The number of likely N-dealkylation sites (tertiary alicyclic amines) is 1. The molecule has 5 heteroatoms. The predicted octanol–water partition coefficient (Wildman–Crippen LogP) is 1.82. The van der Waals surface area contributed by atoms with Crippen LogP contribution >= 0.6 is 0 Å². The summed E-state index contributed by atoms with van der Waals surface area (Å²) in [5.74, 6) is -0.328. The number of carboxylic acids is 1. The van der Waals surface area contributed by atoms with Gasteiger partial charge in [0, 0.05) is 12.6 Å². The number of hydrogen-bond donors (Lipinski definition) is 2. The molecule has 102 valence electrons. The Morgan fingerprint density at radius 1 is 1.39 bits per heavy atom. The van der Waals surface area contributed by atoms with Crippen molar-refractivity contribution >= 4 is 12.0 Å². The van der Waals surface area contributed by atoms with E-state index in [0.29, 0.717) is 18.9 Å². The molecule has 18 heavy (non-hydrogen) atoms. The third-order valence-electron chi connectivity index (χ3n) is 4.28. The number of carbonyl (C=O) groups is 2. The first kappa shape index (κ1) is 13.2. The lowest BCUT2D eigenvalue weighted by atomic mass is 9.89. The average molecular weight is 254 g/mol. The fourth-order valence-corrected chi connectivity index (χ4v) is 2.66. The lowest BCUT2D eigenvalue weighted by Gasteiger charge is -2.41. The lowest BCUT2D eigenvalue weighted by Crippen LogP contribution is -2.60. The first-order valence-corrected chi connectivity index (χ1v) is 6.76. The van der Waals surface area contributed by atoms with Gasteiger partial charge in [0.25, 0.3) is 0 Å². The van der Waals surface area contributed by atoms with Crippen molar-refractivity contribution in [1.82, 2.24) is 10.2 Å². The molecule has 0 bridgehead atoms. The van der Waals surface area contributed by atoms with Crippen LogP contribution in [-0.4, -0.2) is 40.1 Å². The van der Waals surface area contributed by atoms with Crippen LogP contribution in [0.3, 0.4) is 0 Å². The Bertz CT molecular complexity index is 354. The minimum Gasteiger partial charge on any atom is -0.480 e. The van der Waals surface area contributed by atoms with Crippen LogP contribution in [0.15, 0.2) is 0 Å². The van der Waals surface area contributed by atoms with Gasteiger partial charge in [-0.05, 0) is 51.9 Å². The molecule has 1 aliphatic carbocycles. The summed E-state index contributed by atoms with van der Waals surface area (Å²) in [4.78, 5) is 25.1. The maximum atomic E-state index is 12.2. The molecule has 1 aliphatic heterocycles.